The average molecular weight is 430 g/mol. The van der Waals surface area contributed by atoms with Gasteiger partial charge in [-0.25, -0.2) is 0 Å². The van der Waals surface area contributed by atoms with E-state index in [4.69, 9.17) is 0 Å². The van der Waals surface area contributed by atoms with E-state index in [1.54, 1.807) is 6.20 Å². The number of aryl methyl sites for hydroxylation is 1. The predicted molar refractivity (Wildman–Crippen MR) is 130 cm³/mol. The molecular formula is C27H33N4O+. The summed E-state index contributed by atoms with van der Waals surface area (Å²) in [6.45, 7) is 14.0. The average Bonchev–Trinajstić information content (AvgIpc) is 2.76. The van der Waals surface area contributed by atoms with Crippen LogP contribution in [0.4, 0.5) is 11.4 Å². The van der Waals surface area contributed by atoms with E-state index in [0.717, 1.165) is 53.9 Å². The number of aromatic nitrogens is 1. The number of hydrogen-bond acceptors (Lipinski definition) is 3. The molecule has 0 bridgehead atoms. The van der Waals surface area contributed by atoms with Crippen LogP contribution in [-0.4, -0.2) is 21.8 Å². The molecule has 1 atom stereocenters. The van der Waals surface area contributed by atoms with E-state index in [0.29, 0.717) is 5.56 Å². The second kappa shape index (κ2) is 8.09. The molecule has 2 aliphatic rings. The minimum absolute atomic E-state index is 0.0498. The molecular weight excluding hydrogens is 396 g/mol. The highest BCUT2D eigenvalue weighted by molar-refractivity contribution is 6.03. The Morgan fingerprint density at radius 2 is 1.97 bits per heavy atom. The van der Waals surface area contributed by atoms with Crippen molar-refractivity contribution >= 4 is 17.1 Å². The number of rotatable bonds is 4. The molecule has 32 heavy (non-hydrogen) atoms. The number of anilines is 1. The van der Waals surface area contributed by atoms with Gasteiger partial charge in [0.05, 0.1) is 34.4 Å². The van der Waals surface area contributed by atoms with E-state index >= 15 is 0 Å². The van der Waals surface area contributed by atoms with Gasteiger partial charge in [0.2, 0.25) is 5.69 Å². The zero-order valence-corrected chi connectivity index (χ0v) is 20.0. The maximum absolute atomic E-state index is 13.2. The van der Waals surface area contributed by atoms with Crippen molar-refractivity contribution in [3.63, 3.8) is 0 Å². The van der Waals surface area contributed by atoms with E-state index in [-0.39, 0.29) is 16.9 Å². The maximum atomic E-state index is 13.2. The van der Waals surface area contributed by atoms with E-state index < -0.39 is 0 Å². The lowest BCUT2D eigenvalue weighted by molar-refractivity contribution is -0.460. The van der Waals surface area contributed by atoms with E-state index in [1.807, 2.05) is 19.1 Å². The Kier molecular flexibility index (Phi) is 5.58. The van der Waals surface area contributed by atoms with Crippen LogP contribution in [0.25, 0.3) is 0 Å². The van der Waals surface area contributed by atoms with E-state index in [2.05, 4.69) is 61.6 Å². The highest BCUT2D eigenvalue weighted by Gasteiger charge is 2.44. The number of pyridine rings is 1. The molecule has 2 N–H and O–H groups in total. The molecule has 4 rings (SSSR count). The second-order valence-electron chi connectivity index (χ2n) is 10.1. The van der Waals surface area contributed by atoms with Crippen molar-refractivity contribution in [1.82, 2.24) is 4.98 Å². The lowest BCUT2D eigenvalue weighted by Gasteiger charge is -2.36. The zero-order valence-electron chi connectivity index (χ0n) is 20.0. The van der Waals surface area contributed by atoms with Gasteiger partial charge in [-0.2, -0.15) is 9.84 Å². The third-order valence-electron chi connectivity index (χ3n) is 6.38. The van der Waals surface area contributed by atoms with Crippen LogP contribution < -0.4 is 10.9 Å². The van der Waals surface area contributed by atoms with Crippen LogP contribution in [0, 0.1) is 23.7 Å². The van der Waals surface area contributed by atoms with E-state index in [1.165, 1.54) is 17.0 Å². The fourth-order valence-electron chi connectivity index (χ4n) is 5.10. The molecule has 0 radical (unpaired) electrons. The maximum Gasteiger partial charge on any atom is 0.254 e. The first-order valence-corrected chi connectivity index (χ1v) is 11.6. The van der Waals surface area contributed by atoms with Crippen LogP contribution in [0.3, 0.4) is 0 Å². The number of allylic oxidation sites excluding steroid dienone is 2. The molecule has 2 aliphatic heterocycles. The summed E-state index contributed by atoms with van der Waals surface area (Å²) in [5.74, 6) is -0.134. The number of benzene rings is 1. The minimum atomic E-state index is -0.134. The lowest BCUT2D eigenvalue weighted by atomic mass is 9.74. The number of aromatic amines is 1. The number of fused-ring (bicyclic) bond motifs is 5. The van der Waals surface area contributed by atoms with Crippen molar-refractivity contribution in [2.75, 3.05) is 11.9 Å². The van der Waals surface area contributed by atoms with Crippen molar-refractivity contribution in [2.45, 2.75) is 66.7 Å². The number of nitrogens with one attached hydrogen (secondary N) is 2. The lowest BCUT2D eigenvalue weighted by Crippen LogP contribution is -2.38. The molecule has 2 aromatic rings. The van der Waals surface area contributed by atoms with Crippen molar-refractivity contribution < 1.29 is 4.58 Å². The Balaban J connectivity index is 2.14. The van der Waals surface area contributed by atoms with Gasteiger partial charge >= 0.3 is 0 Å². The van der Waals surface area contributed by atoms with Crippen LogP contribution in [0.1, 0.15) is 82.1 Å². The molecule has 5 nitrogen and oxygen atoms in total. The summed E-state index contributed by atoms with van der Waals surface area (Å²) >= 11 is 0. The first kappa shape index (κ1) is 22.1. The predicted octanol–water partition coefficient (Wildman–Crippen LogP) is 5.72. The molecule has 0 spiro atoms. The summed E-state index contributed by atoms with van der Waals surface area (Å²) in [7, 11) is 0. The summed E-state index contributed by atoms with van der Waals surface area (Å²) < 4.78 is 2.41. The Morgan fingerprint density at radius 1 is 1.22 bits per heavy atom. The smallest absolute Gasteiger partial charge is 0.254 e. The summed E-state index contributed by atoms with van der Waals surface area (Å²) in [4.78, 5) is 16.1. The monoisotopic (exact) mass is 429 g/mol. The van der Waals surface area contributed by atoms with Crippen molar-refractivity contribution in [3.05, 3.63) is 68.3 Å². The molecule has 0 saturated carbocycles. The third-order valence-corrected chi connectivity index (χ3v) is 6.38. The molecule has 166 valence electrons. The van der Waals surface area contributed by atoms with Crippen LogP contribution in [0.15, 0.2) is 40.5 Å². The van der Waals surface area contributed by atoms with Gasteiger partial charge in [0.1, 0.15) is 0 Å². The van der Waals surface area contributed by atoms with Gasteiger partial charge in [0.15, 0.2) is 12.3 Å². The first-order valence-electron chi connectivity index (χ1n) is 11.6. The Bertz CT molecular complexity index is 1250. The molecule has 0 aliphatic carbocycles. The van der Waals surface area contributed by atoms with Gasteiger partial charge in [0.25, 0.3) is 5.56 Å². The number of nitrogens with zero attached hydrogens (tertiary/aromatic N) is 2. The van der Waals surface area contributed by atoms with Crippen LogP contribution in [-0.2, 0) is 0 Å². The fraction of sp³-hybridized carbons (Fsp3) is 0.444. The standard InChI is InChI=1S/C27H32N4O/c1-7-9-20-23-19(8-2)30-25-16(3)14-29-26(32)24(25)22(23)18-11-10-17(13-28)12-21(18)31(20)15-27(4,5)6/h10-12,14,22H,7-9,15H2,1-6H3,(H,29,32)/p+1. The molecule has 1 aromatic heterocycles. The Morgan fingerprint density at radius 3 is 2.59 bits per heavy atom. The van der Waals surface area contributed by atoms with Gasteiger partial charge in [-0.1, -0.05) is 40.7 Å². The summed E-state index contributed by atoms with van der Waals surface area (Å²) in [6.07, 6.45) is 4.58. The van der Waals surface area contributed by atoms with Gasteiger partial charge in [-0.3, -0.25) is 4.79 Å². The topological polar surface area (TPSA) is 71.7 Å². The van der Waals surface area contributed by atoms with Crippen molar-refractivity contribution in [1.29, 1.82) is 5.26 Å². The normalized spacial score (nSPS) is 17.3. The molecule has 1 aromatic carbocycles. The Hall–Kier alpha value is -3.13. The number of nitriles is 1. The Labute approximate surface area is 190 Å². The van der Waals surface area contributed by atoms with Crippen LogP contribution in [0.5, 0.6) is 0 Å². The number of H-pyrrole nitrogens is 1. The van der Waals surface area contributed by atoms with Gasteiger partial charge in [-0.15, -0.1) is 0 Å². The zero-order chi connectivity index (χ0) is 23.2. The second-order valence-corrected chi connectivity index (χ2v) is 10.1. The SMILES string of the molecule is CCCC1=[N+](CC(C)(C)C)c2cc(C#N)ccc2C2C1=C(CC)Nc1c(C)c[nH]c(=O)c12. The highest BCUT2D eigenvalue weighted by atomic mass is 16.1. The third kappa shape index (κ3) is 3.58. The van der Waals surface area contributed by atoms with Crippen LogP contribution in [0.2, 0.25) is 0 Å². The fourth-order valence-corrected chi connectivity index (χ4v) is 5.10. The molecule has 0 saturated heterocycles. The summed E-state index contributed by atoms with van der Waals surface area (Å²) in [5, 5.41) is 13.3. The van der Waals surface area contributed by atoms with Crippen molar-refractivity contribution in [2.24, 2.45) is 5.41 Å². The van der Waals surface area contributed by atoms with E-state index in [9.17, 15) is 10.1 Å². The summed E-state index contributed by atoms with van der Waals surface area (Å²) in [5.41, 5.74) is 9.26. The van der Waals surface area contributed by atoms with Crippen LogP contribution >= 0.6 is 0 Å². The molecule has 3 heterocycles. The first-order chi connectivity index (χ1) is 15.2. The minimum Gasteiger partial charge on any atom is -0.358 e. The van der Waals surface area contributed by atoms with Gasteiger partial charge in [0, 0.05) is 35.4 Å². The molecule has 5 heteroatoms. The highest BCUT2D eigenvalue weighted by Crippen LogP contribution is 2.49. The molecule has 0 amide bonds. The molecule has 0 fully saturated rings. The van der Waals surface area contributed by atoms with Gasteiger partial charge in [-0.05, 0) is 31.4 Å². The number of hydrogen-bond donors (Lipinski definition) is 2. The van der Waals surface area contributed by atoms with Gasteiger partial charge < -0.3 is 10.3 Å². The quantitative estimate of drug-likeness (QED) is 0.611. The summed E-state index contributed by atoms with van der Waals surface area (Å²) in [6, 6.07) is 8.25. The largest absolute Gasteiger partial charge is 0.358 e. The van der Waals surface area contributed by atoms with Crippen molar-refractivity contribution in [3.8, 4) is 6.07 Å². The molecule has 1 unspecified atom stereocenters.